The Labute approximate surface area is 117 Å². The van der Waals surface area contributed by atoms with Gasteiger partial charge in [0.25, 0.3) is 0 Å². The average molecular weight is 273 g/mol. The number of nitrogens with one attached hydrogen (secondary N) is 1. The maximum atomic E-state index is 9.59. The summed E-state index contributed by atoms with van der Waals surface area (Å²) in [6.45, 7) is 10.9. The molecule has 0 saturated heterocycles. The van der Waals surface area contributed by atoms with E-state index in [1.807, 2.05) is 0 Å². The zero-order chi connectivity index (χ0) is 14.5. The van der Waals surface area contributed by atoms with Gasteiger partial charge in [-0.1, -0.05) is 27.7 Å². The first-order valence-electron chi connectivity index (χ1n) is 7.40. The van der Waals surface area contributed by atoms with Gasteiger partial charge >= 0.3 is 0 Å². The highest BCUT2D eigenvalue weighted by Crippen LogP contribution is 2.42. The molecular weight excluding hydrogens is 242 g/mol. The zero-order valence-electron chi connectivity index (χ0n) is 13.1. The summed E-state index contributed by atoms with van der Waals surface area (Å²) in [4.78, 5) is 0. The molecule has 1 aliphatic rings. The van der Waals surface area contributed by atoms with Crippen molar-refractivity contribution in [2.75, 3.05) is 26.9 Å². The Morgan fingerprint density at radius 2 is 2.00 bits per heavy atom. The fourth-order valence-corrected chi connectivity index (χ4v) is 2.52. The smallest absolute Gasteiger partial charge is 0.0785 e. The van der Waals surface area contributed by atoms with Crippen LogP contribution < -0.4 is 5.32 Å². The van der Waals surface area contributed by atoms with Crippen LogP contribution in [0.1, 0.15) is 40.5 Å². The summed E-state index contributed by atoms with van der Waals surface area (Å²) in [5.74, 6) is 0.590. The second kappa shape index (κ2) is 7.58. The highest BCUT2D eigenvalue weighted by atomic mass is 16.5. The van der Waals surface area contributed by atoms with Gasteiger partial charge in [0.1, 0.15) is 0 Å². The number of ether oxygens (including phenoxy) is 2. The zero-order valence-corrected chi connectivity index (χ0v) is 13.1. The molecule has 2 N–H and O–H groups in total. The molecule has 1 aliphatic carbocycles. The Morgan fingerprint density at radius 1 is 1.32 bits per heavy atom. The molecular formula is C15H31NO3. The normalized spacial score (nSPS) is 27.3. The summed E-state index contributed by atoms with van der Waals surface area (Å²) in [5.41, 5.74) is 0.182. The highest BCUT2D eigenvalue weighted by molar-refractivity contribution is 5.02. The molecule has 0 bridgehead atoms. The van der Waals surface area contributed by atoms with Crippen LogP contribution in [-0.4, -0.2) is 50.2 Å². The molecule has 1 fully saturated rings. The van der Waals surface area contributed by atoms with E-state index in [-0.39, 0.29) is 11.5 Å². The molecule has 0 heterocycles. The van der Waals surface area contributed by atoms with E-state index in [9.17, 15) is 5.11 Å². The minimum absolute atomic E-state index is 0.182. The predicted octanol–water partition coefficient (Wildman–Crippen LogP) is 1.81. The van der Waals surface area contributed by atoms with Gasteiger partial charge in [0, 0.05) is 25.2 Å². The standard InChI is InChI=1S/C15H31NO3/c1-11(2)9-19-14-8-13(15(14,3)4)16-7-6-12(17)10-18-5/h11-14,16-17H,6-10H2,1-5H3. The first-order chi connectivity index (χ1) is 8.87. The van der Waals surface area contributed by atoms with Crippen molar-refractivity contribution in [3.05, 3.63) is 0 Å². The minimum atomic E-state index is -0.367. The van der Waals surface area contributed by atoms with Gasteiger partial charge in [-0.3, -0.25) is 0 Å². The molecule has 3 unspecified atom stereocenters. The summed E-state index contributed by atoms with van der Waals surface area (Å²) < 4.78 is 10.9. The maximum Gasteiger partial charge on any atom is 0.0785 e. The van der Waals surface area contributed by atoms with Crippen molar-refractivity contribution >= 4 is 0 Å². The van der Waals surface area contributed by atoms with E-state index < -0.39 is 0 Å². The van der Waals surface area contributed by atoms with Gasteiger partial charge in [0.2, 0.25) is 0 Å². The van der Waals surface area contributed by atoms with Crippen molar-refractivity contribution in [1.82, 2.24) is 5.32 Å². The maximum absolute atomic E-state index is 9.59. The lowest BCUT2D eigenvalue weighted by Gasteiger charge is -2.52. The van der Waals surface area contributed by atoms with Gasteiger partial charge in [-0.25, -0.2) is 0 Å². The minimum Gasteiger partial charge on any atom is -0.391 e. The Morgan fingerprint density at radius 3 is 2.53 bits per heavy atom. The third-order valence-corrected chi connectivity index (χ3v) is 4.04. The van der Waals surface area contributed by atoms with Gasteiger partial charge < -0.3 is 19.9 Å². The SMILES string of the molecule is COCC(O)CCNC1CC(OCC(C)C)C1(C)C. The van der Waals surface area contributed by atoms with E-state index in [1.54, 1.807) is 7.11 Å². The van der Waals surface area contributed by atoms with E-state index >= 15 is 0 Å². The quantitative estimate of drug-likeness (QED) is 0.673. The number of rotatable bonds is 9. The summed E-state index contributed by atoms with van der Waals surface area (Å²) in [7, 11) is 1.61. The molecule has 4 heteroatoms. The fourth-order valence-electron chi connectivity index (χ4n) is 2.52. The molecule has 114 valence electrons. The molecule has 0 aromatic heterocycles. The van der Waals surface area contributed by atoms with E-state index in [4.69, 9.17) is 9.47 Å². The lowest BCUT2D eigenvalue weighted by molar-refractivity contribution is -0.124. The second-order valence-corrected chi connectivity index (χ2v) is 6.68. The van der Waals surface area contributed by atoms with E-state index in [0.717, 1.165) is 26.0 Å². The van der Waals surface area contributed by atoms with Crippen LogP contribution in [0, 0.1) is 11.3 Å². The highest BCUT2D eigenvalue weighted by Gasteiger charge is 2.48. The first-order valence-corrected chi connectivity index (χ1v) is 7.40. The molecule has 1 rings (SSSR count). The van der Waals surface area contributed by atoms with Crippen molar-refractivity contribution < 1.29 is 14.6 Å². The number of hydrogen-bond acceptors (Lipinski definition) is 4. The lowest BCUT2D eigenvalue weighted by atomic mass is 9.64. The summed E-state index contributed by atoms with van der Waals surface area (Å²) in [6.07, 6.45) is 1.79. The van der Waals surface area contributed by atoms with Gasteiger partial charge in [0.05, 0.1) is 18.8 Å². The third kappa shape index (κ3) is 5.03. The van der Waals surface area contributed by atoms with E-state index in [1.165, 1.54) is 0 Å². The van der Waals surface area contributed by atoms with Crippen LogP contribution in [-0.2, 0) is 9.47 Å². The van der Waals surface area contributed by atoms with Crippen molar-refractivity contribution in [2.24, 2.45) is 11.3 Å². The molecule has 0 amide bonds. The monoisotopic (exact) mass is 273 g/mol. The van der Waals surface area contributed by atoms with Crippen molar-refractivity contribution in [3.63, 3.8) is 0 Å². The Hall–Kier alpha value is -0.160. The van der Waals surface area contributed by atoms with Gasteiger partial charge in [0.15, 0.2) is 0 Å². The number of aliphatic hydroxyl groups excluding tert-OH is 1. The van der Waals surface area contributed by atoms with Crippen LogP contribution in [0.25, 0.3) is 0 Å². The molecule has 0 radical (unpaired) electrons. The van der Waals surface area contributed by atoms with E-state index in [0.29, 0.717) is 24.7 Å². The van der Waals surface area contributed by atoms with Crippen LogP contribution in [0.5, 0.6) is 0 Å². The van der Waals surface area contributed by atoms with Crippen LogP contribution in [0.15, 0.2) is 0 Å². The molecule has 19 heavy (non-hydrogen) atoms. The molecule has 0 spiro atoms. The van der Waals surface area contributed by atoms with Crippen LogP contribution in [0.2, 0.25) is 0 Å². The van der Waals surface area contributed by atoms with Gasteiger partial charge in [-0.15, -0.1) is 0 Å². The average Bonchev–Trinajstić information content (AvgIpc) is 2.31. The number of methoxy groups -OCH3 is 1. The predicted molar refractivity (Wildman–Crippen MR) is 77.3 cm³/mol. The lowest BCUT2D eigenvalue weighted by Crippen LogP contribution is -2.61. The summed E-state index contributed by atoms with van der Waals surface area (Å²) >= 11 is 0. The van der Waals surface area contributed by atoms with Crippen LogP contribution >= 0.6 is 0 Å². The molecule has 4 nitrogen and oxygen atoms in total. The summed E-state index contributed by atoms with van der Waals surface area (Å²) in [6, 6.07) is 0.486. The molecule has 0 aromatic carbocycles. The topological polar surface area (TPSA) is 50.7 Å². The van der Waals surface area contributed by atoms with Gasteiger partial charge in [-0.05, 0) is 25.3 Å². The number of aliphatic hydroxyl groups is 1. The molecule has 1 saturated carbocycles. The fraction of sp³-hybridized carbons (Fsp3) is 1.00. The Kier molecular flexibility index (Phi) is 6.74. The summed E-state index contributed by atoms with van der Waals surface area (Å²) in [5, 5.41) is 13.1. The first kappa shape index (κ1) is 16.9. The van der Waals surface area contributed by atoms with E-state index in [2.05, 4.69) is 33.0 Å². The Bertz CT molecular complexity index is 256. The van der Waals surface area contributed by atoms with Crippen molar-refractivity contribution in [3.8, 4) is 0 Å². The third-order valence-electron chi connectivity index (χ3n) is 4.04. The number of hydrogen-bond donors (Lipinski definition) is 2. The van der Waals surface area contributed by atoms with Crippen molar-refractivity contribution in [2.45, 2.75) is 58.8 Å². The van der Waals surface area contributed by atoms with Gasteiger partial charge in [-0.2, -0.15) is 0 Å². The van der Waals surface area contributed by atoms with Crippen LogP contribution in [0.4, 0.5) is 0 Å². The second-order valence-electron chi connectivity index (χ2n) is 6.68. The Balaban J connectivity index is 2.20. The molecule has 0 aliphatic heterocycles. The van der Waals surface area contributed by atoms with Crippen molar-refractivity contribution in [1.29, 1.82) is 0 Å². The molecule has 3 atom stereocenters. The largest absolute Gasteiger partial charge is 0.391 e. The van der Waals surface area contributed by atoms with Crippen LogP contribution in [0.3, 0.4) is 0 Å². The molecule has 0 aromatic rings.